The lowest BCUT2D eigenvalue weighted by atomic mass is 10.3. The van der Waals surface area contributed by atoms with Crippen LogP contribution < -0.4 is 5.32 Å². The Morgan fingerprint density at radius 1 is 1.53 bits per heavy atom. The van der Waals surface area contributed by atoms with Crippen molar-refractivity contribution in [1.82, 2.24) is 5.32 Å². The Balaban J connectivity index is 2.32. The van der Waals surface area contributed by atoms with Gasteiger partial charge in [0.15, 0.2) is 0 Å². The van der Waals surface area contributed by atoms with Crippen LogP contribution >= 0.6 is 11.8 Å². The Morgan fingerprint density at radius 2 is 2.20 bits per heavy atom. The lowest BCUT2D eigenvalue weighted by molar-refractivity contribution is -0.118. The maximum absolute atomic E-state index is 11.4. The van der Waals surface area contributed by atoms with Crippen LogP contribution in [0.4, 0.5) is 0 Å². The number of carbonyl (C=O) groups excluding carboxylic acids is 1. The number of carbonyl (C=O) groups is 1. The summed E-state index contributed by atoms with van der Waals surface area (Å²) in [5.41, 5.74) is 0. The van der Waals surface area contributed by atoms with Gasteiger partial charge < -0.3 is 5.32 Å². The highest BCUT2D eigenvalue weighted by Crippen LogP contribution is 2.16. The molecule has 0 saturated heterocycles. The highest BCUT2D eigenvalue weighted by Gasteiger charge is 2.04. The van der Waals surface area contributed by atoms with Gasteiger partial charge in [-0.15, -0.1) is 18.2 Å². The highest BCUT2D eigenvalue weighted by atomic mass is 32.2. The van der Waals surface area contributed by atoms with Crippen molar-refractivity contribution in [3.63, 3.8) is 0 Å². The van der Waals surface area contributed by atoms with Gasteiger partial charge in [-0.05, 0) is 19.1 Å². The van der Waals surface area contributed by atoms with Crippen LogP contribution in [0.5, 0.6) is 0 Å². The molecule has 0 radical (unpaired) electrons. The van der Waals surface area contributed by atoms with E-state index in [4.69, 9.17) is 6.42 Å². The van der Waals surface area contributed by atoms with E-state index in [1.165, 1.54) is 11.8 Å². The van der Waals surface area contributed by atoms with Crippen molar-refractivity contribution in [2.75, 3.05) is 5.75 Å². The predicted octanol–water partition coefficient (Wildman–Crippen LogP) is 1.92. The summed E-state index contributed by atoms with van der Waals surface area (Å²) in [4.78, 5) is 12.4. The van der Waals surface area contributed by atoms with Crippen molar-refractivity contribution in [1.29, 1.82) is 0 Å². The van der Waals surface area contributed by atoms with Gasteiger partial charge in [-0.1, -0.05) is 24.1 Å². The summed E-state index contributed by atoms with van der Waals surface area (Å²) >= 11 is 1.50. The zero-order valence-electron chi connectivity index (χ0n) is 8.57. The molecule has 0 fully saturated rings. The molecule has 1 aromatic rings. The normalized spacial score (nSPS) is 11.5. The molecular weight excluding hydrogens is 206 g/mol. The fraction of sp³-hybridized carbons (Fsp3) is 0.250. The van der Waals surface area contributed by atoms with E-state index in [1.54, 1.807) is 6.92 Å². The van der Waals surface area contributed by atoms with E-state index in [2.05, 4.69) is 11.2 Å². The zero-order valence-corrected chi connectivity index (χ0v) is 9.38. The summed E-state index contributed by atoms with van der Waals surface area (Å²) in [6.07, 6.45) is 5.16. The molecule has 0 aliphatic rings. The van der Waals surface area contributed by atoms with Gasteiger partial charge in [0.2, 0.25) is 5.91 Å². The Bertz CT molecular complexity index is 356. The minimum Gasteiger partial charge on any atom is -0.342 e. The summed E-state index contributed by atoms with van der Waals surface area (Å²) in [5.74, 6) is 2.82. The second-order valence-electron chi connectivity index (χ2n) is 3.06. The van der Waals surface area contributed by atoms with Crippen LogP contribution in [-0.4, -0.2) is 17.7 Å². The Labute approximate surface area is 94.5 Å². The molecule has 1 amide bonds. The second-order valence-corrected chi connectivity index (χ2v) is 4.11. The molecule has 1 unspecified atom stereocenters. The molecule has 1 atom stereocenters. The zero-order chi connectivity index (χ0) is 11.1. The van der Waals surface area contributed by atoms with Crippen molar-refractivity contribution >= 4 is 17.7 Å². The van der Waals surface area contributed by atoms with Crippen molar-refractivity contribution in [2.24, 2.45) is 0 Å². The second kappa shape index (κ2) is 6.15. The van der Waals surface area contributed by atoms with Crippen LogP contribution in [0.1, 0.15) is 6.92 Å². The van der Waals surface area contributed by atoms with E-state index in [1.807, 2.05) is 30.3 Å². The van der Waals surface area contributed by atoms with Gasteiger partial charge in [0, 0.05) is 4.90 Å². The third-order valence-corrected chi connectivity index (χ3v) is 2.75. The van der Waals surface area contributed by atoms with Crippen molar-refractivity contribution in [3.05, 3.63) is 30.3 Å². The first-order valence-corrected chi connectivity index (χ1v) is 5.64. The van der Waals surface area contributed by atoms with E-state index >= 15 is 0 Å². The average Bonchev–Trinajstić information content (AvgIpc) is 2.27. The quantitative estimate of drug-likeness (QED) is 0.619. The molecule has 1 aromatic carbocycles. The maximum Gasteiger partial charge on any atom is 0.231 e. The topological polar surface area (TPSA) is 29.1 Å². The molecule has 78 valence electrons. The Hall–Kier alpha value is -1.40. The summed E-state index contributed by atoms with van der Waals surface area (Å²) in [7, 11) is 0. The molecule has 0 spiro atoms. The van der Waals surface area contributed by atoms with Crippen LogP contribution in [0, 0.1) is 12.3 Å². The van der Waals surface area contributed by atoms with Crippen molar-refractivity contribution in [3.8, 4) is 12.3 Å². The summed E-state index contributed by atoms with van der Waals surface area (Å²) in [6.45, 7) is 1.78. The van der Waals surface area contributed by atoms with Gasteiger partial charge >= 0.3 is 0 Å². The molecule has 3 heteroatoms. The van der Waals surface area contributed by atoms with Crippen LogP contribution in [0.3, 0.4) is 0 Å². The van der Waals surface area contributed by atoms with Gasteiger partial charge in [-0.3, -0.25) is 4.79 Å². The van der Waals surface area contributed by atoms with E-state index in [0.717, 1.165) is 4.90 Å². The first-order chi connectivity index (χ1) is 7.22. The molecule has 0 aliphatic heterocycles. The number of hydrogen-bond acceptors (Lipinski definition) is 2. The average molecular weight is 219 g/mol. The van der Waals surface area contributed by atoms with Gasteiger partial charge in [0.25, 0.3) is 0 Å². The third-order valence-electron chi connectivity index (χ3n) is 1.74. The highest BCUT2D eigenvalue weighted by molar-refractivity contribution is 8.00. The standard InChI is InChI=1S/C12H13NOS/c1-3-10(2)13-12(14)9-15-11-7-5-4-6-8-11/h1,4-8,10H,9H2,2H3,(H,13,14). The molecule has 0 saturated carbocycles. The summed E-state index contributed by atoms with van der Waals surface area (Å²) < 4.78 is 0. The van der Waals surface area contributed by atoms with Crippen LogP contribution in [0.25, 0.3) is 0 Å². The summed E-state index contributed by atoms with van der Waals surface area (Å²) in [5, 5.41) is 2.70. The molecule has 1 N–H and O–H groups in total. The molecule has 0 bridgehead atoms. The van der Waals surface area contributed by atoms with Gasteiger partial charge in [-0.25, -0.2) is 0 Å². The van der Waals surface area contributed by atoms with Gasteiger partial charge in [-0.2, -0.15) is 0 Å². The Morgan fingerprint density at radius 3 is 2.80 bits per heavy atom. The van der Waals surface area contributed by atoms with Gasteiger partial charge in [0.1, 0.15) is 0 Å². The van der Waals surface area contributed by atoms with Gasteiger partial charge in [0.05, 0.1) is 11.8 Å². The van der Waals surface area contributed by atoms with E-state index in [-0.39, 0.29) is 11.9 Å². The largest absolute Gasteiger partial charge is 0.342 e. The number of thioether (sulfide) groups is 1. The SMILES string of the molecule is C#CC(C)NC(=O)CSc1ccccc1. The van der Waals surface area contributed by atoms with Crippen LogP contribution in [0.15, 0.2) is 35.2 Å². The fourth-order valence-electron chi connectivity index (χ4n) is 0.990. The first kappa shape index (κ1) is 11.7. The number of nitrogens with one attached hydrogen (secondary N) is 1. The molecular formula is C12H13NOS. The lowest BCUT2D eigenvalue weighted by Crippen LogP contribution is -2.32. The fourth-order valence-corrected chi connectivity index (χ4v) is 1.72. The molecule has 0 aromatic heterocycles. The smallest absolute Gasteiger partial charge is 0.231 e. The molecule has 15 heavy (non-hydrogen) atoms. The predicted molar refractivity (Wildman–Crippen MR) is 63.6 cm³/mol. The number of benzene rings is 1. The number of amides is 1. The van der Waals surface area contributed by atoms with Crippen LogP contribution in [0.2, 0.25) is 0 Å². The maximum atomic E-state index is 11.4. The molecule has 1 rings (SSSR count). The molecule has 2 nitrogen and oxygen atoms in total. The monoisotopic (exact) mass is 219 g/mol. The summed E-state index contributed by atoms with van der Waals surface area (Å²) in [6, 6.07) is 9.60. The first-order valence-electron chi connectivity index (χ1n) is 4.65. The number of hydrogen-bond donors (Lipinski definition) is 1. The van der Waals surface area contributed by atoms with Crippen LogP contribution in [-0.2, 0) is 4.79 Å². The minimum atomic E-state index is -0.200. The number of terminal acetylenes is 1. The molecule has 0 heterocycles. The van der Waals surface area contributed by atoms with E-state index < -0.39 is 0 Å². The van der Waals surface area contributed by atoms with E-state index in [0.29, 0.717) is 5.75 Å². The van der Waals surface area contributed by atoms with Crippen molar-refractivity contribution in [2.45, 2.75) is 17.9 Å². The molecule has 0 aliphatic carbocycles. The lowest BCUT2D eigenvalue weighted by Gasteiger charge is -2.06. The van der Waals surface area contributed by atoms with E-state index in [9.17, 15) is 4.79 Å². The number of rotatable bonds is 4. The third kappa shape index (κ3) is 4.57. The Kier molecular flexibility index (Phi) is 4.79. The van der Waals surface area contributed by atoms with Crippen molar-refractivity contribution < 1.29 is 4.79 Å². The minimum absolute atomic E-state index is 0.0331.